The van der Waals surface area contributed by atoms with Gasteiger partial charge in [0.25, 0.3) is 11.8 Å². The molecule has 2 N–H and O–H groups in total. The van der Waals surface area contributed by atoms with Gasteiger partial charge in [0.15, 0.2) is 11.5 Å². The van der Waals surface area contributed by atoms with Crippen molar-refractivity contribution in [1.29, 1.82) is 0 Å². The van der Waals surface area contributed by atoms with Crippen LogP contribution < -0.4 is 20.1 Å². The van der Waals surface area contributed by atoms with Gasteiger partial charge < -0.3 is 20.1 Å². The van der Waals surface area contributed by atoms with Crippen molar-refractivity contribution in [3.05, 3.63) is 106 Å². The summed E-state index contributed by atoms with van der Waals surface area (Å²) in [5, 5.41) is 7.63. The Morgan fingerprint density at radius 3 is 2.33 bits per heavy atom. The second kappa shape index (κ2) is 12.1. The highest BCUT2D eigenvalue weighted by Gasteiger charge is 2.18. The molecular weight excluding hydrogens is 492 g/mol. The minimum atomic E-state index is -0.444. The number of nitrogens with one attached hydrogen (secondary N) is 2. The predicted octanol–water partition coefficient (Wildman–Crippen LogP) is 6.33. The van der Waals surface area contributed by atoms with Crippen LogP contribution in [-0.2, 0) is 4.79 Å². The fourth-order valence-electron chi connectivity index (χ4n) is 3.31. The number of para-hydroxylation sites is 1. The van der Waals surface area contributed by atoms with E-state index in [1.807, 2.05) is 72.1 Å². The lowest BCUT2D eigenvalue weighted by Crippen LogP contribution is -2.30. The molecule has 2 amide bonds. The number of carbonyl (C=O) groups excluding carboxylic acids is 2. The first-order chi connectivity index (χ1) is 17.6. The number of ether oxygens (including phenoxy) is 2. The largest absolute Gasteiger partial charge is 0.493 e. The molecule has 1 aromatic heterocycles. The summed E-state index contributed by atoms with van der Waals surface area (Å²) in [5.41, 5.74) is 1.10. The Hall–Kier alpha value is -4.01. The molecule has 6 nitrogen and oxygen atoms in total. The van der Waals surface area contributed by atoms with Crippen LogP contribution in [0.15, 0.2) is 106 Å². The van der Waals surface area contributed by atoms with Gasteiger partial charge in [-0.05, 0) is 60.0 Å². The van der Waals surface area contributed by atoms with Crippen molar-refractivity contribution in [2.75, 3.05) is 19.5 Å². The van der Waals surface area contributed by atoms with Crippen molar-refractivity contribution in [2.45, 2.75) is 9.79 Å². The van der Waals surface area contributed by atoms with E-state index in [-0.39, 0.29) is 5.70 Å². The molecule has 0 aliphatic rings. The van der Waals surface area contributed by atoms with E-state index in [2.05, 4.69) is 10.6 Å². The van der Waals surface area contributed by atoms with Crippen LogP contribution in [0.1, 0.15) is 15.2 Å². The number of rotatable bonds is 9. The van der Waals surface area contributed by atoms with Gasteiger partial charge in [0.05, 0.1) is 19.9 Å². The summed E-state index contributed by atoms with van der Waals surface area (Å²) in [6.07, 6.45) is 1.66. The lowest BCUT2D eigenvalue weighted by molar-refractivity contribution is -0.113. The average molecular weight is 517 g/mol. The zero-order chi connectivity index (χ0) is 25.3. The molecule has 0 radical (unpaired) electrons. The molecule has 36 heavy (non-hydrogen) atoms. The fourth-order valence-corrected chi connectivity index (χ4v) is 4.89. The first-order valence-corrected chi connectivity index (χ1v) is 12.7. The number of benzene rings is 3. The SMILES string of the molecule is COc1ccc(C(=O)N/C(=C\c2cccs2)C(=O)Nc2ccccc2Sc2ccccc2)cc1OC. The van der Waals surface area contributed by atoms with E-state index in [1.165, 1.54) is 25.6 Å². The van der Waals surface area contributed by atoms with Crippen LogP contribution in [0.25, 0.3) is 6.08 Å². The smallest absolute Gasteiger partial charge is 0.272 e. The van der Waals surface area contributed by atoms with E-state index in [1.54, 1.807) is 36.0 Å². The minimum Gasteiger partial charge on any atom is -0.493 e. The number of hydrogen-bond acceptors (Lipinski definition) is 6. The third-order valence-electron chi connectivity index (χ3n) is 5.07. The predicted molar refractivity (Wildman–Crippen MR) is 145 cm³/mol. The monoisotopic (exact) mass is 516 g/mol. The van der Waals surface area contributed by atoms with Crippen LogP contribution in [-0.4, -0.2) is 26.0 Å². The normalized spacial score (nSPS) is 11.0. The average Bonchev–Trinajstić information content (AvgIpc) is 3.42. The summed E-state index contributed by atoms with van der Waals surface area (Å²) in [4.78, 5) is 29.2. The molecule has 0 aliphatic heterocycles. The first-order valence-electron chi connectivity index (χ1n) is 11.0. The van der Waals surface area contributed by atoms with Gasteiger partial charge in [-0.1, -0.05) is 48.2 Å². The third-order valence-corrected chi connectivity index (χ3v) is 6.98. The highest BCUT2D eigenvalue weighted by molar-refractivity contribution is 7.99. The summed E-state index contributed by atoms with van der Waals surface area (Å²) >= 11 is 3.01. The van der Waals surface area contributed by atoms with E-state index in [0.717, 1.165) is 14.7 Å². The van der Waals surface area contributed by atoms with Crippen molar-refractivity contribution < 1.29 is 19.1 Å². The Kier molecular flexibility index (Phi) is 8.44. The maximum Gasteiger partial charge on any atom is 0.272 e. The van der Waals surface area contributed by atoms with Crippen LogP contribution in [0.4, 0.5) is 5.69 Å². The molecule has 0 spiro atoms. The van der Waals surface area contributed by atoms with E-state index in [9.17, 15) is 9.59 Å². The van der Waals surface area contributed by atoms with E-state index < -0.39 is 11.8 Å². The van der Waals surface area contributed by atoms with Gasteiger partial charge in [-0.15, -0.1) is 11.3 Å². The molecule has 0 bridgehead atoms. The molecule has 0 unspecified atom stereocenters. The van der Waals surface area contributed by atoms with Gasteiger partial charge in [0, 0.05) is 20.2 Å². The van der Waals surface area contributed by atoms with Crippen LogP contribution in [0.3, 0.4) is 0 Å². The molecule has 0 atom stereocenters. The quantitative estimate of drug-likeness (QED) is 0.254. The maximum absolute atomic E-state index is 13.4. The lowest BCUT2D eigenvalue weighted by atomic mass is 10.1. The highest BCUT2D eigenvalue weighted by atomic mass is 32.2. The second-order valence-electron chi connectivity index (χ2n) is 7.46. The van der Waals surface area contributed by atoms with Crippen molar-refractivity contribution in [2.24, 2.45) is 0 Å². The summed E-state index contributed by atoms with van der Waals surface area (Å²) in [6, 6.07) is 26.1. The Bertz CT molecular complexity index is 1370. The Labute approximate surface area is 218 Å². The van der Waals surface area contributed by atoms with E-state index in [4.69, 9.17) is 9.47 Å². The van der Waals surface area contributed by atoms with Gasteiger partial charge in [0.2, 0.25) is 0 Å². The van der Waals surface area contributed by atoms with Crippen LogP contribution >= 0.6 is 23.1 Å². The number of amides is 2. The van der Waals surface area contributed by atoms with Crippen molar-refractivity contribution in [3.63, 3.8) is 0 Å². The zero-order valence-corrected chi connectivity index (χ0v) is 21.3. The summed E-state index contributed by atoms with van der Waals surface area (Å²) in [6.45, 7) is 0. The standard InChI is InChI=1S/C28H24N2O4S2/c1-33-24-15-14-19(17-25(24)34-2)27(31)30-23(18-21-11-8-16-35-21)28(32)29-22-12-6-7-13-26(22)36-20-9-4-3-5-10-20/h3-18H,1-2H3,(H,29,32)(H,30,31)/b23-18-. The summed E-state index contributed by atoms with van der Waals surface area (Å²) in [5.74, 6) is 0.0538. The molecule has 8 heteroatoms. The molecule has 4 rings (SSSR count). The molecule has 1 heterocycles. The van der Waals surface area contributed by atoms with Crippen LogP contribution in [0, 0.1) is 0 Å². The first kappa shape index (κ1) is 25.1. The van der Waals surface area contributed by atoms with Crippen LogP contribution in [0.5, 0.6) is 11.5 Å². The third kappa shape index (κ3) is 6.35. The van der Waals surface area contributed by atoms with Gasteiger partial charge in [-0.3, -0.25) is 9.59 Å². The van der Waals surface area contributed by atoms with Crippen molar-refractivity contribution in [3.8, 4) is 11.5 Å². The van der Waals surface area contributed by atoms with Gasteiger partial charge >= 0.3 is 0 Å². The topological polar surface area (TPSA) is 76.7 Å². The van der Waals surface area contributed by atoms with Gasteiger partial charge in [0.1, 0.15) is 5.70 Å². The Morgan fingerprint density at radius 1 is 0.861 bits per heavy atom. The van der Waals surface area contributed by atoms with Gasteiger partial charge in [-0.25, -0.2) is 0 Å². The van der Waals surface area contributed by atoms with Crippen molar-refractivity contribution >= 4 is 46.7 Å². The maximum atomic E-state index is 13.4. The highest BCUT2D eigenvalue weighted by Crippen LogP contribution is 2.33. The molecule has 182 valence electrons. The number of carbonyl (C=O) groups is 2. The molecular formula is C28H24N2O4S2. The summed E-state index contributed by atoms with van der Waals surface area (Å²) in [7, 11) is 3.03. The number of thiophene rings is 1. The van der Waals surface area contributed by atoms with E-state index in [0.29, 0.717) is 22.7 Å². The molecule has 0 fully saturated rings. The number of methoxy groups -OCH3 is 2. The Morgan fingerprint density at radius 2 is 1.61 bits per heavy atom. The number of anilines is 1. The zero-order valence-electron chi connectivity index (χ0n) is 19.7. The second-order valence-corrected chi connectivity index (χ2v) is 9.56. The van der Waals surface area contributed by atoms with Crippen molar-refractivity contribution in [1.82, 2.24) is 5.32 Å². The minimum absolute atomic E-state index is 0.122. The lowest BCUT2D eigenvalue weighted by Gasteiger charge is -2.14. The fraction of sp³-hybridized carbons (Fsp3) is 0.0714. The van der Waals surface area contributed by atoms with Gasteiger partial charge in [-0.2, -0.15) is 0 Å². The number of hydrogen-bond donors (Lipinski definition) is 2. The molecule has 4 aromatic rings. The molecule has 0 aliphatic carbocycles. The van der Waals surface area contributed by atoms with Crippen LogP contribution in [0.2, 0.25) is 0 Å². The molecule has 0 saturated heterocycles. The molecule has 0 saturated carbocycles. The summed E-state index contributed by atoms with van der Waals surface area (Å²) < 4.78 is 10.6. The van der Waals surface area contributed by atoms with E-state index >= 15 is 0 Å². The molecule has 3 aromatic carbocycles. The Balaban J connectivity index is 1.59.